The number of imidazole rings is 1. The maximum atomic E-state index is 12.1. The van der Waals surface area contributed by atoms with E-state index < -0.39 is 10.0 Å². The molecular formula is C13H17N3O2S. The van der Waals surface area contributed by atoms with Crippen molar-refractivity contribution in [2.75, 3.05) is 0 Å². The van der Waals surface area contributed by atoms with Crippen molar-refractivity contribution in [1.82, 2.24) is 14.7 Å². The minimum atomic E-state index is -3.55. The molecule has 6 heteroatoms. The smallest absolute Gasteiger partial charge is 0.258 e. The zero-order chi connectivity index (χ0) is 13.9. The molecule has 102 valence electrons. The van der Waals surface area contributed by atoms with Crippen molar-refractivity contribution in [2.45, 2.75) is 31.3 Å². The lowest BCUT2D eigenvalue weighted by atomic mass is 10.0. The van der Waals surface area contributed by atoms with Gasteiger partial charge in [-0.05, 0) is 18.9 Å². The Labute approximate surface area is 113 Å². The summed E-state index contributed by atoms with van der Waals surface area (Å²) in [6.07, 6.45) is 3.32. The number of benzene rings is 1. The highest BCUT2D eigenvalue weighted by atomic mass is 32.2. The van der Waals surface area contributed by atoms with E-state index in [0.717, 1.165) is 11.1 Å². The Hall–Kier alpha value is -1.66. The number of sulfonamides is 1. The maximum Gasteiger partial charge on any atom is 0.258 e. The van der Waals surface area contributed by atoms with Crippen molar-refractivity contribution >= 4 is 10.0 Å². The number of H-pyrrole nitrogens is 1. The quantitative estimate of drug-likeness (QED) is 0.880. The SMILES string of the molecule is CCC(NS(=O)(=O)c1cnc[nH]1)c1ccc(C)cc1. The van der Waals surface area contributed by atoms with E-state index in [1.54, 1.807) is 0 Å². The van der Waals surface area contributed by atoms with Crippen molar-refractivity contribution < 1.29 is 8.42 Å². The van der Waals surface area contributed by atoms with Gasteiger partial charge in [-0.15, -0.1) is 0 Å². The summed E-state index contributed by atoms with van der Waals surface area (Å²) >= 11 is 0. The summed E-state index contributed by atoms with van der Waals surface area (Å²) in [6.45, 7) is 3.94. The Balaban J connectivity index is 2.22. The summed E-state index contributed by atoms with van der Waals surface area (Å²) in [7, 11) is -3.55. The van der Waals surface area contributed by atoms with E-state index in [4.69, 9.17) is 0 Å². The van der Waals surface area contributed by atoms with E-state index in [-0.39, 0.29) is 11.1 Å². The fraction of sp³-hybridized carbons (Fsp3) is 0.308. The van der Waals surface area contributed by atoms with Gasteiger partial charge in [0.1, 0.15) is 0 Å². The molecule has 1 atom stereocenters. The normalized spacial score (nSPS) is 13.4. The minimum absolute atomic E-state index is 0.0815. The van der Waals surface area contributed by atoms with Crippen LogP contribution in [0.1, 0.15) is 30.5 Å². The van der Waals surface area contributed by atoms with Gasteiger partial charge in [0.05, 0.1) is 12.5 Å². The molecule has 0 saturated carbocycles. The number of hydrogen-bond donors (Lipinski definition) is 2. The summed E-state index contributed by atoms with van der Waals surface area (Å²) in [6, 6.07) is 7.59. The number of nitrogens with zero attached hydrogens (tertiary/aromatic N) is 1. The Bertz CT molecular complexity index is 618. The fourth-order valence-electron chi connectivity index (χ4n) is 1.83. The number of aromatic nitrogens is 2. The van der Waals surface area contributed by atoms with Crippen LogP contribution in [0.2, 0.25) is 0 Å². The second-order valence-corrected chi connectivity index (χ2v) is 6.09. The van der Waals surface area contributed by atoms with Gasteiger partial charge in [-0.2, -0.15) is 0 Å². The van der Waals surface area contributed by atoms with Crippen LogP contribution in [0, 0.1) is 6.92 Å². The first-order chi connectivity index (χ1) is 9.03. The Morgan fingerprint density at radius 3 is 2.53 bits per heavy atom. The number of aryl methyl sites for hydroxylation is 1. The first kappa shape index (κ1) is 13.8. The lowest BCUT2D eigenvalue weighted by Crippen LogP contribution is -2.28. The number of rotatable bonds is 5. The molecule has 19 heavy (non-hydrogen) atoms. The first-order valence-electron chi connectivity index (χ1n) is 6.10. The molecule has 0 spiro atoms. The maximum absolute atomic E-state index is 12.1. The molecule has 5 nitrogen and oxygen atoms in total. The first-order valence-corrected chi connectivity index (χ1v) is 7.58. The van der Waals surface area contributed by atoms with Gasteiger partial charge < -0.3 is 4.98 Å². The van der Waals surface area contributed by atoms with Crippen LogP contribution in [0.3, 0.4) is 0 Å². The average Bonchev–Trinajstić information content (AvgIpc) is 2.92. The molecule has 1 unspecified atom stereocenters. The summed E-state index contributed by atoms with van der Waals surface area (Å²) < 4.78 is 26.9. The molecule has 0 fully saturated rings. The van der Waals surface area contributed by atoms with E-state index in [1.165, 1.54) is 12.5 Å². The van der Waals surface area contributed by atoms with Crippen LogP contribution in [-0.2, 0) is 10.0 Å². The molecule has 1 aromatic carbocycles. The number of hydrogen-bond acceptors (Lipinski definition) is 3. The second kappa shape index (κ2) is 5.54. The summed E-state index contributed by atoms with van der Waals surface area (Å²) in [5, 5.41) is 0.0815. The third-order valence-corrected chi connectivity index (χ3v) is 4.35. The monoisotopic (exact) mass is 279 g/mol. The van der Waals surface area contributed by atoms with E-state index in [9.17, 15) is 8.42 Å². The summed E-state index contributed by atoms with van der Waals surface area (Å²) in [5.41, 5.74) is 2.10. The van der Waals surface area contributed by atoms with Crippen molar-refractivity contribution in [2.24, 2.45) is 0 Å². The molecule has 2 aromatic rings. The van der Waals surface area contributed by atoms with Gasteiger partial charge in [-0.25, -0.2) is 18.1 Å². The molecule has 0 saturated heterocycles. The van der Waals surface area contributed by atoms with Gasteiger partial charge in [0, 0.05) is 6.04 Å². The average molecular weight is 279 g/mol. The van der Waals surface area contributed by atoms with Crippen LogP contribution in [-0.4, -0.2) is 18.4 Å². The van der Waals surface area contributed by atoms with Crippen LogP contribution in [0.15, 0.2) is 41.8 Å². The third kappa shape index (κ3) is 3.21. The van der Waals surface area contributed by atoms with Crippen LogP contribution in [0.4, 0.5) is 0 Å². The largest absolute Gasteiger partial charge is 0.335 e. The van der Waals surface area contributed by atoms with Gasteiger partial charge in [0.2, 0.25) is 0 Å². The van der Waals surface area contributed by atoms with E-state index in [1.807, 2.05) is 38.1 Å². The highest BCUT2D eigenvalue weighted by molar-refractivity contribution is 7.89. The molecule has 2 rings (SSSR count). The predicted octanol–water partition coefficient (Wildman–Crippen LogP) is 2.15. The van der Waals surface area contributed by atoms with Crippen LogP contribution < -0.4 is 4.72 Å². The van der Waals surface area contributed by atoms with Crippen molar-refractivity contribution in [3.8, 4) is 0 Å². The number of nitrogens with one attached hydrogen (secondary N) is 2. The lowest BCUT2D eigenvalue weighted by Gasteiger charge is -2.17. The third-order valence-electron chi connectivity index (χ3n) is 2.95. The molecular weight excluding hydrogens is 262 g/mol. The molecule has 0 aliphatic heterocycles. The van der Waals surface area contributed by atoms with Gasteiger partial charge in [-0.1, -0.05) is 36.8 Å². The molecule has 0 aliphatic rings. The zero-order valence-corrected chi connectivity index (χ0v) is 11.7. The van der Waals surface area contributed by atoms with Crippen molar-refractivity contribution in [3.05, 3.63) is 47.9 Å². The predicted molar refractivity (Wildman–Crippen MR) is 73.1 cm³/mol. The molecule has 0 bridgehead atoms. The van der Waals surface area contributed by atoms with Gasteiger partial charge in [-0.3, -0.25) is 0 Å². The second-order valence-electron chi connectivity index (χ2n) is 4.41. The zero-order valence-electron chi connectivity index (χ0n) is 10.9. The minimum Gasteiger partial charge on any atom is -0.335 e. The van der Waals surface area contributed by atoms with E-state index in [0.29, 0.717) is 6.42 Å². The summed E-state index contributed by atoms with van der Waals surface area (Å²) in [5.74, 6) is 0. The molecule has 2 N–H and O–H groups in total. The van der Waals surface area contributed by atoms with E-state index in [2.05, 4.69) is 14.7 Å². The van der Waals surface area contributed by atoms with Gasteiger partial charge in [0.25, 0.3) is 10.0 Å². The van der Waals surface area contributed by atoms with Crippen molar-refractivity contribution in [3.63, 3.8) is 0 Å². The van der Waals surface area contributed by atoms with Crippen LogP contribution in [0.25, 0.3) is 0 Å². The van der Waals surface area contributed by atoms with Gasteiger partial charge in [0.15, 0.2) is 5.03 Å². The van der Waals surface area contributed by atoms with Crippen LogP contribution >= 0.6 is 0 Å². The Kier molecular flexibility index (Phi) is 4.01. The number of aromatic amines is 1. The highest BCUT2D eigenvalue weighted by Gasteiger charge is 2.21. The fourth-order valence-corrected chi connectivity index (χ4v) is 3.04. The molecule has 0 aliphatic carbocycles. The topological polar surface area (TPSA) is 74.8 Å². The van der Waals surface area contributed by atoms with Crippen LogP contribution in [0.5, 0.6) is 0 Å². The Morgan fingerprint density at radius 2 is 2.00 bits per heavy atom. The van der Waals surface area contributed by atoms with Gasteiger partial charge >= 0.3 is 0 Å². The summed E-state index contributed by atoms with van der Waals surface area (Å²) in [4.78, 5) is 6.34. The molecule has 1 aromatic heterocycles. The standard InChI is InChI=1S/C13H17N3O2S/c1-3-12(11-6-4-10(2)5-7-11)16-19(17,18)13-8-14-9-15-13/h4-9,12,16H,3H2,1-2H3,(H,14,15). The highest BCUT2D eigenvalue weighted by Crippen LogP contribution is 2.19. The van der Waals surface area contributed by atoms with E-state index >= 15 is 0 Å². The molecule has 1 heterocycles. The Morgan fingerprint density at radius 1 is 1.32 bits per heavy atom. The van der Waals surface area contributed by atoms with Crippen molar-refractivity contribution in [1.29, 1.82) is 0 Å². The molecule has 0 amide bonds. The lowest BCUT2D eigenvalue weighted by molar-refractivity contribution is 0.547. The molecule has 0 radical (unpaired) electrons.